The van der Waals surface area contributed by atoms with E-state index in [1.807, 2.05) is 0 Å². The molecular formula is C25H46O7. The molecule has 0 spiro atoms. The summed E-state index contributed by atoms with van der Waals surface area (Å²) in [6.45, 7) is 1.44. The number of unbranched alkanes of at least 4 members (excludes halogenated alkanes) is 13. The van der Waals surface area contributed by atoms with Crippen molar-refractivity contribution in [1.82, 2.24) is 0 Å². The summed E-state index contributed by atoms with van der Waals surface area (Å²) < 4.78 is 14.1. The van der Waals surface area contributed by atoms with Gasteiger partial charge >= 0.3 is 17.9 Å². The molecule has 0 amide bonds. The average Bonchev–Trinajstić information content (AvgIpc) is 2.80. The van der Waals surface area contributed by atoms with Crippen molar-refractivity contribution in [3.63, 3.8) is 0 Å². The van der Waals surface area contributed by atoms with Crippen LogP contribution in [-0.4, -0.2) is 44.0 Å². The highest BCUT2D eigenvalue weighted by Gasteiger charge is 2.37. The van der Waals surface area contributed by atoms with Gasteiger partial charge in [0.25, 0.3) is 0 Å². The minimum atomic E-state index is -1.02. The molecule has 0 saturated heterocycles. The van der Waals surface area contributed by atoms with E-state index in [1.54, 1.807) is 0 Å². The quantitative estimate of drug-likeness (QED) is 0.108. The van der Waals surface area contributed by atoms with Crippen LogP contribution in [0.5, 0.6) is 0 Å². The van der Waals surface area contributed by atoms with Gasteiger partial charge in [0.15, 0.2) is 6.79 Å². The van der Waals surface area contributed by atoms with Crippen LogP contribution in [-0.2, 0) is 28.6 Å². The fraction of sp³-hybridized carbons (Fsp3) is 0.880. The van der Waals surface area contributed by atoms with Crippen LogP contribution < -0.4 is 0 Å². The largest absolute Gasteiger partial charge is 0.469 e. The molecular weight excluding hydrogens is 412 g/mol. The lowest BCUT2D eigenvalue weighted by molar-refractivity contribution is -0.168. The normalized spacial score (nSPS) is 12.8. The Balaban J connectivity index is 4.16. The molecule has 0 aliphatic heterocycles. The van der Waals surface area contributed by atoms with E-state index in [-0.39, 0.29) is 6.42 Å². The van der Waals surface area contributed by atoms with Crippen molar-refractivity contribution in [1.29, 1.82) is 0 Å². The number of methoxy groups -OCH3 is 2. The van der Waals surface area contributed by atoms with E-state index < -0.39 is 36.5 Å². The lowest BCUT2D eigenvalue weighted by Gasteiger charge is -2.22. The van der Waals surface area contributed by atoms with Gasteiger partial charge in [0.05, 0.1) is 32.5 Å². The Kier molecular flexibility index (Phi) is 20.1. The molecule has 0 aliphatic carbocycles. The topological polar surface area (TPSA) is 99.1 Å². The smallest absolute Gasteiger partial charge is 0.312 e. The number of carbonyl (C=O) groups excluding carboxylic acids is 3. The summed E-state index contributed by atoms with van der Waals surface area (Å²) in [6, 6.07) is 0. The van der Waals surface area contributed by atoms with Crippen LogP contribution in [0.2, 0.25) is 0 Å². The predicted octanol–water partition coefficient (Wildman–Crippen LogP) is 5.32. The predicted molar refractivity (Wildman–Crippen MR) is 124 cm³/mol. The van der Waals surface area contributed by atoms with Crippen molar-refractivity contribution < 1.29 is 33.7 Å². The summed E-state index contributed by atoms with van der Waals surface area (Å²) in [5, 5.41) is 8.89. The third-order valence-corrected chi connectivity index (χ3v) is 5.98. The molecule has 2 atom stereocenters. The van der Waals surface area contributed by atoms with Crippen molar-refractivity contribution in [3.8, 4) is 0 Å². The van der Waals surface area contributed by atoms with E-state index in [2.05, 4.69) is 16.4 Å². The van der Waals surface area contributed by atoms with Crippen molar-refractivity contribution in [3.05, 3.63) is 0 Å². The minimum Gasteiger partial charge on any atom is -0.469 e. The van der Waals surface area contributed by atoms with Crippen molar-refractivity contribution in [2.75, 3.05) is 21.0 Å². The molecule has 0 aromatic heterocycles. The first-order valence-corrected chi connectivity index (χ1v) is 12.4. The van der Waals surface area contributed by atoms with Crippen LogP contribution in [0.15, 0.2) is 0 Å². The maximum Gasteiger partial charge on any atom is 0.312 e. The van der Waals surface area contributed by atoms with E-state index in [0.717, 1.165) is 25.7 Å². The summed E-state index contributed by atoms with van der Waals surface area (Å²) in [5.41, 5.74) is 0. The molecule has 1 N–H and O–H groups in total. The van der Waals surface area contributed by atoms with Gasteiger partial charge in [-0.3, -0.25) is 14.4 Å². The molecule has 0 aromatic rings. The molecule has 2 unspecified atom stereocenters. The molecule has 0 radical (unpaired) electrons. The van der Waals surface area contributed by atoms with Crippen molar-refractivity contribution >= 4 is 17.9 Å². The lowest BCUT2D eigenvalue weighted by atomic mass is 9.85. The zero-order valence-corrected chi connectivity index (χ0v) is 20.6. The van der Waals surface area contributed by atoms with Crippen LogP contribution in [0.25, 0.3) is 0 Å². The lowest BCUT2D eigenvalue weighted by Crippen LogP contribution is -2.34. The summed E-state index contributed by atoms with van der Waals surface area (Å²) in [7, 11) is 2.48. The van der Waals surface area contributed by atoms with Crippen LogP contribution in [0.1, 0.15) is 110 Å². The second-order valence-corrected chi connectivity index (χ2v) is 8.49. The first kappa shape index (κ1) is 30.4. The van der Waals surface area contributed by atoms with Gasteiger partial charge in [-0.05, 0) is 6.42 Å². The second kappa shape index (κ2) is 21.2. The number of ether oxygens (including phenoxy) is 3. The van der Waals surface area contributed by atoms with E-state index in [0.29, 0.717) is 6.42 Å². The molecule has 0 heterocycles. The monoisotopic (exact) mass is 458 g/mol. The SMILES string of the molecule is CCCCCCCCCCCCCCCCC(C(=O)OC)C(CC(=O)OC)C(=O)OCO. The third kappa shape index (κ3) is 15.2. The first-order chi connectivity index (χ1) is 15.5. The van der Waals surface area contributed by atoms with Crippen LogP contribution in [0.3, 0.4) is 0 Å². The fourth-order valence-electron chi connectivity index (χ4n) is 4.02. The molecule has 7 nitrogen and oxygen atoms in total. The molecule has 0 fully saturated rings. The Morgan fingerprint density at radius 3 is 1.53 bits per heavy atom. The zero-order valence-electron chi connectivity index (χ0n) is 20.6. The number of hydrogen-bond acceptors (Lipinski definition) is 7. The van der Waals surface area contributed by atoms with Crippen molar-refractivity contribution in [2.24, 2.45) is 11.8 Å². The van der Waals surface area contributed by atoms with Crippen molar-refractivity contribution in [2.45, 2.75) is 110 Å². The van der Waals surface area contributed by atoms with E-state index in [1.165, 1.54) is 78.4 Å². The number of hydrogen-bond donors (Lipinski definition) is 1. The van der Waals surface area contributed by atoms with Gasteiger partial charge in [-0.15, -0.1) is 0 Å². The molecule has 0 saturated carbocycles. The maximum atomic E-state index is 12.3. The Morgan fingerprint density at radius 2 is 1.12 bits per heavy atom. The van der Waals surface area contributed by atoms with Gasteiger partial charge in [0.2, 0.25) is 0 Å². The number of rotatable bonds is 21. The Morgan fingerprint density at radius 1 is 0.656 bits per heavy atom. The Labute approximate surface area is 194 Å². The van der Waals surface area contributed by atoms with Crippen LogP contribution in [0.4, 0.5) is 0 Å². The van der Waals surface area contributed by atoms with Crippen LogP contribution in [0, 0.1) is 11.8 Å². The van der Waals surface area contributed by atoms with Gasteiger partial charge in [-0.1, -0.05) is 96.8 Å². The standard InChI is InChI=1S/C25H46O7/c1-4-5-6-7-8-9-10-11-12-13-14-15-16-17-18-21(24(28)31-3)22(19-23(27)30-2)25(29)32-20-26/h21-22,26H,4-20H2,1-3H3. The average molecular weight is 459 g/mol. The second-order valence-electron chi connectivity index (χ2n) is 8.49. The van der Waals surface area contributed by atoms with E-state index >= 15 is 0 Å². The number of esters is 3. The molecule has 7 heteroatoms. The summed E-state index contributed by atoms with van der Waals surface area (Å²) in [4.78, 5) is 36.2. The summed E-state index contributed by atoms with van der Waals surface area (Å²) in [5.74, 6) is -3.78. The van der Waals surface area contributed by atoms with E-state index in [9.17, 15) is 14.4 Å². The first-order valence-electron chi connectivity index (χ1n) is 12.4. The highest BCUT2D eigenvalue weighted by Crippen LogP contribution is 2.26. The van der Waals surface area contributed by atoms with Gasteiger partial charge in [-0.25, -0.2) is 0 Å². The number of aliphatic hydroxyl groups is 1. The molecule has 0 aromatic carbocycles. The Hall–Kier alpha value is -1.63. The maximum absolute atomic E-state index is 12.3. The molecule has 32 heavy (non-hydrogen) atoms. The van der Waals surface area contributed by atoms with Gasteiger partial charge < -0.3 is 19.3 Å². The molecule has 0 bridgehead atoms. The minimum absolute atomic E-state index is 0.284. The summed E-state index contributed by atoms with van der Waals surface area (Å²) in [6.07, 6.45) is 17.3. The zero-order chi connectivity index (χ0) is 24.0. The number of carbonyl (C=O) groups is 3. The van der Waals surface area contributed by atoms with Gasteiger partial charge in [0, 0.05) is 0 Å². The van der Waals surface area contributed by atoms with Gasteiger partial charge in [0.1, 0.15) is 0 Å². The van der Waals surface area contributed by atoms with E-state index in [4.69, 9.17) is 9.84 Å². The third-order valence-electron chi connectivity index (χ3n) is 5.98. The summed E-state index contributed by atoms with van der Waals surface area (Å²) >= 11 is 0. The fourth-order valence-corrected chi connectivity index (χ4v) is 4.02. The number of aliphatic hydroxyl groups excluding tert-OH is 1. The Bertz CT molecular complexity index is 493. The molecule has 0 rings (SSSR count). The van der Waals surface area contributed by atoms with Crippen LogP contribution >= 0.6 is 0 Å². The highest BCUT2D eigenvalue weighted by atomic mass is 16.6. The van der Waals surface area contributed by atoms with Gasteiger partial charge in [-0.2, -0.15) is 0 Å². The highest BCUT2D eigenvalue weighted by molar-refractivity contribution is 5.85. The molecule has 188 valence electrons. The molecule has 0 aliphatic rings.